The Morgan fingerprint density at radius 3 is 2.56 bits per heavy atom. The number of hydrogen-bond acceptors (Lipinski definition) is 3. The van der Waals surface area contributed by atoms with Crippen molar-refractivity contribution in [2.75, 3.05) is 46.4 Å². The van der Waals surface area contributed by atoms with Crippen molar-refractivity contribution in [3.05, 3.63) is 0 Å². The van der Waals surface area contributed by atoms with E-state index in [0.29, 0.717) is 0 Å². The molecule has 0 unspecified atom stereocenters. The maximum Gasteiger partial charge on any atom is 0.0593 e. The number of nitrogens with one attached hydrogen (secondary N) is 1. The zero-order valence-electron chi connectivity index (χ0n) is 11.6. The standard InChI is InChI=1S/C13H30N2O/c1-5-16-11-10-15(4)9-7-6-8-14-12-13(2)3/h13-14H,5-12H2,1-4H3. The number of hydrogen-bond donors (Lipinski definition) is 1. The van der Waals surface area contributed by atoms with Gasteiger partial charge in [-0.3, -0.25) is 0 Å². The lowest BCUT2D eigenvalue weighted by atomic mass is 10.2. The van der Waals surface area contributed by atoms with Crippen molar-refractivity contribution in [1.29, 1.82) is 0 Å². The molecule has 3 heteroatoms. The average Bonchev–Trinajstić information content (AvgIpc) is 2.23. The summed E-state index contributed by atoms with van der Waals surface area (Å²) in [6.07, 6.45) is 2.54. The van der Waals surface area contributed by atoms with E-state index in [1.165, 1.54) is 19.4 Å². The van der Waals surface area contributed by atoms with E-state index in [1.807, 2.05) is 6.92 Å². The van der Waals surface area contributed by atoms with E-state index < -0.39 is 0 Å². The largest absolute Gasteiger partial charge is 0.380 e. The summed E-state index contributed by atoms with van der Waals surface area (Å²) in [4.78, 5) is 2.35. The molecule has 0 aliphatic carbocycles. The molecular formula is C13H30N2O. The van der Waals surface area contributed by atoms with E-state index in [9.17, 15) is 0 Å². The summed E-state index contributed by atoms with van der Waals surface area (Å²) in [5, 5.41) is 3.47. The van der Waals surface area contributed by atoms with Crippen molar-refractivity contribution < 1.29 is 4.74 Å². The lowest BCUT2D eigenvalue weighted by Crippen LogP contribution is -2.26. The van der Waals surface area contributed by atoms with Gasteiger partial charge in [-0.2, -0.15) is 0 Å². The molecule has 0 aliphatic heterocycles. The fourth-order valence-electron chi connectivity index (χ4n) is 1.50. The van der Waals surface area contributed by atoms with Crippen molar-refractivity contribution in [2.45, 2.75) is 33.6 Å². The van der Waals surface area contributed by atoms with E-state index in [2.05, 4.69) is 31.1 Å². The normalized spacial score (nSPS) is 11.6. The molecule has 0 aromatic rings. The van der Waals surface area contributed by atoms with Crippen molar-refractivity contribution in [2.24, 2.45) is 5.92 Å². The Morgan fingerprint density at radius 1 is 1.19 bits per heavy atom. The van der Waals surface area contributed by atoms with Crippen LogP contribution in [0.25, 0.3) is 0 Å². The average molecular weight is 230 g/mol. The van der Waals surface area contributed by atoms with Crippen molar-refractivity contribution >= 4 is 0 Å². The molecule has 0 radical (unpaired) electrons. The highest BCUT2D eigenvalue weighted by Crippen LogP contribution is 1.93. The first kappa shape index (κ1) is 15.9. The highest BCUT2D eigenvalue weighted by atomic mass is 16.5. The number of unbranched alkanes of at least 4 members (excludes halogenated alkanes) is 1. The first-order chi connectivity index (χ1) is 7.66. The third-order valence-corrected chi connectivity index (χ3v) is 2.52. The molecule has 3 nitrogen and oxygen atoms in total. The van der Waals surface area contributed by atoms with Crippen LogP contribution in [0.3, 0.4) is 0 Å². The molecule has 0 spiro atoms. The predicted octanol–water partition coefficient (Wildman–Crippen LogP) is 1.98. The van der Waals surface area contributed by atoms with Gasteiger partial charge in [-0.05, 0) is 52.4 Å². The molecule has 0 aromatic carbocycles. The second-order valence-electron chi connectivity index (χ2n) is 4.81. The van der Waals surface area contributed by atoms with Crippen LogP contribution in [0.15, 0.2) is 0 Å². The van der Waals surface area contributed by atoms with Crippen LogP contribution in [-0.2, 0) is 4.74 Å². The van der Waals surface area contributed by atoms with Gasteiger partial charge in [0, 0.05) is 13.2 Å². The molecule has 1 N–H and O–H groups in total. The van der Waals surface area contributed by atoms with Gasteiger partial charge in [0.15, 0.2) is 0 Å². The van der Waals surface area contributed by atoms with Gasteiger partial charge in [0.1, 0.15) is 0 Å². The van der Waals surface area contributed by atoms with E-state index >= 15 is 0 Å². The minimum absolute atomic E-state index is 0.758. The third-order valence-electron chi connectivity index (χ3n) is 2.52. The number of rotatable bonds is 11. The monoisotopic (exact) mass is 230 g/mol. The molecule has 0 bridgehead atoms. The van der Waals surface area contributed by atoms with Crippen LogP contribution in [0.2, 0.25) is 0 Å². The SMILES string of the molecule is CCOCCN(C)CCCCNCC(C)C. The molecule has 0 rings (SSSR count). The summed E-state index contributed by atoms with van der Waals surface area (Å²) in [6.45, 7) is 12.7. The highest BCUT2D eigenvalue weighted by Gasteiger charge is 1.98. The van der Waals surface area contributed by atoms with E-state index in [4.69, 9.17) is 4.74 Å². The van der Waals surface area contributed by atoms with Gasteiger partial charge in [0.05, 0.1) is 6.61 Å². The van der Waals surface area contributed by atoms with Gasteiger partial charge in [-0.15, -0.1) is 0 Å². The summed E-state index contributed by atoms with van der Waals surface area (Å²) in [7, 11) is 2.17. The molecule has 0 fully saturated rings. The molecule has 0 aliphatic rings. The van der Waals surface area contributed by atoms with Gasteiger partial charge in [-0.25, -0.2) is 0 Å². The van der Waals surface area contributed by atoms with Gasteiger partial charge in [0.2, 0.25) is 0 Å². The quantitative estimate of drug-likeness (QED) is 0.549. The maximum atomic E-state index is 5.32. The summed E-state index contributed by atoms with van der Waals surface area (Å²) in [5.74, 6) is 0.758. The molecule has 0 saturated heterocycles. The van der Waals surface area contributed by atoms with E-state index in [1.54, 1.807) is 0 Å². The third kappa shape index (κ3) is 12.0. The molecule has 98 valence electrons. The van der Waals surface area contributed by atoms with Crippen LogP contribution in [0.4, 0.5) is 0 Å². The van der Waals surface area contributed by atoms with Crippen LogP contribution in [-0.4, -0.2) is 51.3 Å². The summed E-state index contributed by atoms with van der Waals surface area (Å²) in [6, 6.07) is 0. The zero-order valence-corrected chi connectivity index (χ0v) is 11.6. The highest BCUT2D eigenvalue weighted by molar-refractivity contribution is 4.55. The number of ether oxygens (including phenoxy) is 1. The summed E-state index contributed by atoms with van der Waals surface area (Å²) >= 11 is 0. The van der Waals surface area contributed by atoms with Crippen molar-refractivity contribution in [1.82, 2.24) is 10.2 Å². The fraction of sp³-hybridized carbons (Fsp3) is 1.00. The molecular weight excluding hydrogens is 200 g/mol. The van der Waals surface area contributed by atoms with Gasteiger partial charge >= 0.3 is 0 Å². The van der Waals surface area contributed by atoms with Gasteiger partial charge in [-0.1, -0.05) is 13.8 Å². The molecule has 0 saturated carbocycles. The first-order valence-corrected chi connectivity index (χ1v) is 6.63. The Balaban J connectivity index is 3.12. The van der Waals surface area contributed by atoms with E-state index in [-0.39, 0.29) is 0 Å². The topological polar surface area (TPSA) is 24.5 Å². The van der Waals surface area contributed by atoms with Crippen molar-refractivity contribution in [3.63, 3.8) is 0 Å². The lowest BCUT2D eigenvalue weighted by Gasteiger charge is -2.16. The molecule has 16 heavy (non-hydrogen) atoms. The Bertz CT molecular complexity index is 140. The molecule has 0 aromatic heterocycles. The fourth-order valence-corrected chi connectivity index (χ4v) is 1.50. The molecule has 0 heterocycles. The predicted molar refractivity (Wildman–Crippen MR) is 70.9 cm³/mol. The number of nitrogens with zero attached hydrogens (tertiary/aromatic N) is 1. The number of likely N-dealkylation sites (N-methyl/N-ethyl adjacent to an activating group) is 1. The minimum Gasteiger partial charge on any atom is -0.380 e. The van der Waals surface area contributed by atoms with Crippen LogP contribution in [0, 0.1) is 5.92 Å². The van der Waals surface area contributed by atoms with Crippen LogP contribution in [0.1, 0.15) is 33.6 Å². The Hall–Kier alpha value is -0.120. The van der Waals surface area contributed by atoms with E-state index in [0.717, 1.165) is 38.8 Å². The van der Waals surface area contributed by atoms with Gasteiger partial charge < -0.3 is 15.0 Å². The second-order valence-corrected chi connectivity index (χ2v) is 4.81. The zero-order chi connectivity index (χ0) is 12.2. The smallest absolute Gasteiger partial charge is 0.0593 e. The first-order valence-electron chi connectivity index (χ1n) is 6.63. The Kier molecular flexibility index (Phi) is 11.3. The van der Waals surface area contributed by atoms with Crippen LogP contribution in [0.5, 0.6) is 0 Å². The summed E-state index contributed by atoms with van der Waals surface area (Å²) < 4.78 is 5.32. The lowest BCUT2D eigenvalue weighted by molar-refractivity contribution is 0.121. The van der Waals surface area contributed by atoms with Crippen LogP contribution < -0.4 is 5.32 Å². The maximum absolute atomic E-state index is 5.32. The van der Waals surface area contributed by atoms with Gasteiger partial charge in [0.25, 0.3) is 0 Å². The Morgan fingerprint density at radius 2 is 1.94 bits per heavy atom. The second kappa shape index (κ2) is 11.4. The Labute approximate surface area is 102 Å². The summed E-state index contributed by atoms with van der Waals surface area (Å²) in [5.41, 5.74) is 0. The molecule has 0 amide bonds. The van der Waals surface area contributed by atoms with Crippen molar-refractivity contribution in [3.8, 4) is 0 Å². The minimum atomic E-state index is 0.758. The molecule has 0 atom stereocenters. The van der Waals surface area contributed by atoms with Crippen LogP contribution >= 0.6 is 0 Å².